The Morgan fingerprint density at radius 2 is 2.09 bits per heavy atom. The van der Waals surface area contributed by atoms with Crippen LogP contribution in [-0.4, -0.2) is 50.5 Å². The van der Waals surface area contributed by atoms with Gasteiger partial charge in [0.15, 0.2) is 5.69 Å². The van der Waals surface area contributed by atoms with Crippen LogP contribution >= 0.6 is 23.2 Å². The highest BCUT2D eigenvalue weighted by atomic mass is 35.5. The molecule has 0 aliphatic heterocycles. The van der Waals surface area contributed by atoms with Crippen LogP contribution in [0.3, 0.4) is 0 Å². The van der Waals surface area contributed by atoms with Gasteiger partial charge in [0.2, 0.25) is 11.6 Å². The topological polar surface area (TPSA) is 142 Å². The number of hydrazone groups is 1. The number of quaternary nitrogens is 1. The Morgan fingerprint density at radius 3 is 2.79 bits per heavy atom. The summed E-state index contributed by atoms with van der Waals surface area (Å²) in [7, 11) is 2.10. The molecule has 1 aliphatic rings. The van der Waals surface area contributed by atoms with Crippen LogP contribution in [0.1, 0.15) is 53.8 Å². The van der Waals surface area contributed by atoms with Crippen molar-refractivity contribution in [1.29, 1.82) is 0 Å². The molecule has 0 radical (unpaired) electrons. The van der Waals surface area contributed by atoms with Crippen LogP contribution in [-0.2, 0) is 6.54 Å². The number of nitrogens with two attached hydrogens (primary N) is 1. The summed E-state index contributed by atoms with van der Waals surface area (Å²) in [6.07, 6.45) is 7.40. The molecular formula is C20H24Cl2N9O2+. The molecule has 0 spiro atoms. The molecule has 1 amide bonds. The zero-order chi connectivity index (χ0) is 23.4. The predicted molar refractivity (Wildman–Crippen MR) is 123 cm³/mol. The first-order chi connectivity index (χ1) is 15.9. The van der Waals surface area contributed by atoms with Crippen molar-refractivity contribution in [2.45, 2.75) is 44.7 Å². The Labute approximate surface area is 199 Å². The van der Waals surface area contributed by atoms with Crippen molar-refractivity contribution in [1.82, 2.24) is 30.7 Å². The molecule has 1 saturated carbocycles. The minimum atomic E-state index is -0.515. The molecule has 1 aromatic carbocycles. The molecule has 1 atom stereocenters. The smallest absolute Gasteiger partial charge is 0.294 e. The summed E-state index contributed by atoms with van der Waals surface area (Å²) in [5.41, 5.74) is 9.69. The molecule has 4 N–H and O–H groups in total. The van der Waals surface area contributed by atoms with E-state index in [1.54, 1.807) is 18.2 Å². The average molecular weight is 493 g/mol. The fraction of sp³-hybridized carbons (Fsp3) is 0.400. The van der Waals surface area contributed by atoms with Gasteiger partial charge in [-0.3, -0.25) is 4.79 Å². The Bertz CT molecular complexity index is 1150. The van der Waals surface area contributed by atoms with Gasteiger partial charge in [0.05, 0.1) is 29.3 Å². The quantitative estimate of drug-likeness (QED) is 0.336. The second-order valence-corrected chi connectivity index (χ2v) is 8.81. The molecular weight excluding hydrogens is 469 g/mol. The van der Waals surface area contributed by atoms with Gasteiger partial charge < -0.3 is 10.6 Å². The van der Waals surface area contributed by atoms with Crippen LogP contribution < -0.4 is 16.1 Å². The van der Waals surface area contributed by atoms with E-state index in [2.05, 4.69) is 38.2 Å². The van der Waals surface area contributed by atoms with Crippen LogP contribution in [0.4, 0.5) is 5.82 Å². The highest BCUT2D eigenvalue weighted by Crippen LogP contribution is 2.22. The van der Waals surface area contributed by atoms with E-state index in [1.807, 2.05) is 0 Å². The lowest BCUT2D eigenvalue weighted by Gasteiger charge is -2.28. The number of carbonyl (C=O) groups is 1. The summed E-state index contributed by atoms with van der Waals surface area (Å²) in [5.74, 6) is -0.271. The van der Waals surface area contributed by atoms with Crippen LogP contribution in [0.25, 0.3) is 5.82 Å². The van der Waals surface area contributed by atoms with Crippen LogP contribution in [0.2, 0.25) is 10.0 Å². The van der Waals surface area contributed by atoms with E-state index in [4.69, 9.17) is 33.6 Å². The Hall–Kier alpha value is -3.02. The number of nitrogens with one attached hydrogen (secondary N) is 2. The molecule has 4 rings (SSSR count). The number of amides is 1. The van der Waals surface area contributed by atoms with Gasteiger partial charge in [-0.05, 0) is 53.7 Å². The fourth-order valence-electron chi connectivity index (χ4n) is 3.96. The monoisotopic (exact) mass is 492 g/mol. The predicted octanol–water partition coefficient (Wildman–Crippen LogP) is 1.65. The van der Waals surface area contributed by atoms with Gasteiger partial charge in [0.1, 0.15) is 12.2 Å². The lowest BCUT2D eigenvalue weighted by atomic mass is 9.94. The maximum Gasteiger partial charge on any atom is 0.294 e. The number of aromatic nitrogens is 5. The highest BCUT2D eigenvalue weighted by Gasteiger charge is 2.29. The van der Waals surface area contributed by atoms with Gasteiger partial charge in [-0.1, -0.05) is 40.9 Å². The van der Waals surface area contributed by atoms with Crippen LogP contribution in [0, 0.1) is 0 Å². The second-order valence-electron chi connectivity index (χ2n) is 8.00. The van der Waals surface area contributed by atoms with Gasteiger partial charge in [0.25, 0.3) is 5.91 Å². The molecule has 3 aromatic rings. The van der Waals surface area contributed by atoms with Crippen molar-refractivity contribution in [2.75, 3.05) is 12.8 Å². The van der Waals surface area contributed by atoms with Gasteiger partial charge in [-0.25, -0.2) is 10.1 Å². The van der Waals surface area contributed by atoms with Crippen molar-refractivity contribution in [3.63, 3.8) is 0 Å². The van der Waals surface area contributed by atoms with Gasteiger partial charge >= 0.3 is 0 Å². The summed E-state index contributed by atoms with van der Waals surface area (Å²) < 4.78 is 6.11. The molecule has 1 aliphatic carbocycles. The van der Waals surface area contributed by atoms with Crippen LogP contribution in [0.5, 0.6) is 0 Å². The number of hydrogen-bond donors (Lipinski definition) is 3. The third-order valence-corrected chi connectivity index (χ3v) is 6.49. The molecule has 1 fully saturated rings. The van der Waals surface area contributed by atoms with Crippen molar-refractivity contribution in [3.8, 4) is 5.82 Å². The van der Waals surface area contributed by atoms with Crippen molar-refractivity contribution >= 4 is 41.1 Å². The lowest BCUT2D eigenvalue weighted by molar-refractivity contribution is -0.921. The third-order valence-electron chi connectivity index (χ3n) is 5.75. The number of nitrogen functional groups attached to an aromatic ring is 1. The van der Waals surface area contributed by atoms with E-state index in [0.29, 0.717) is 33.9 Å². The molecule has 2 heterocycles. The number of halogens is 2. The van der Waals surface area contributed by atoms with E-state index in [1.165, 1.54) is 35.1 Å². The first-order valence-corrected chi connectivity index (χ1v) is 11.3. The summed E-state index contributed by atoms with van der Waals surface area (Å²) in [4.78, 5) is 14.2. The van der Waals surface area contributed by atoms with E-state index in [9.17, 15) is 4.79 Å². The lowest BCUT2D eigenvalue weighted by Crippen LogP contribution is -3.11. The number of anilines is 1. The molecule has 0 saturated heterocycles. The van der Waals surface area contributed by atoms with E-state index >= 15 is 0 Å². The molecule has 11 nitrogen and oxygen atoms in total. The van der Waals surface area contributed by atoms with E-state index in [-0.39, 0.29) is 17.3 Å². The summed E-state index contributed by atoms with van der Waals surface area (Å²) in [6.45, 7) is 0.489. The zero-order valence-corrected chi connectivity index (χ0v) is 19.5. The van der Waals surface area contributed by atoms with Crippen LogP contribution in [0.15, 0.2) is 27.9 Å². The van der Waals surface area contributed by atoms with E-state index < -0.39 is 5.91 Å². The molecule has 1 unspecified atom stereocenters. The first-order valence-electron chi connectivity index (χ1n) is 10.6. The highest BCUT2D eigenvalue weighted by molar-refractivity contribution is 6.42. The average Bonchev–Trinajstić information content (AvgIpc) is 3.42. The molecule has 0 bridgehead atoms. The summed E-state index contributed by atoms with van der Waals surface area (Å²) in [6, 6.07) is 5.51. The fourth-order valence-corrected chi connectivity index (χ4v) is 4.27. The second kappa shape index (κ2) is 10.3. The van der Waals surface area contributed by atoms with Crippen molar-refractivity contribution < 1.29 is 14.3 Å². The largest absolute Gasteiger partial charge is 0.378 e. The van der Waals surface area contributed by atoms with Gasteiger partial charge in [-0.2, -0.15) is 9.78 Å². The molecule has 33 heavy (non-hydrogen) atoms. The number of rotatable bonds is 7. The van der Waals surface area contributed by atoms with Crippen molar-refractivity contribution in [3.05, 3.63) is 45.2 Å². The van der Waals surface area contributed by atoms with E-state index in [0.717, 1.165) is 12.8 Å². The van der Waals surface area contributed by atoms with Crippen molar-refractivity contribution in [2.24, 2.45) is 5.10 Å². The minimum absolute atomic E-state index is 0.0565. The molecule has 13 heteroatoms. The SMILES string of the molecule is C[NH+](Cc1c(C(=O)N/N=C\c2ccc(Cl)c(Cl)c2)nnn1-c1nonc1N)C1CCCCC1. The zero-order valence-electron chi connectivity index (χ0n) is 18.0. The first kappa shape index (κ1) is 23.1. The molecule has 174 valence electrons. The maximum atomic E-state index is 12.9. The Morgan fingerprint density at radius 1 is 1.30 bits per heavy atom. The Kier molecular flexibility index (Phi) is 7.21. The minimum Gasteiger partial charge on any atom is -0.378 e. The van der Waals surface area contributed by atoms with Gasteiger partial charge in [-0.15, -0.1) is 5.10 Å². The maximum absolute atomic E-state index is 12.9. The van der Waals surface area contributed by atoms with Gasteiger partial charge in [0, 0.05) is 0 Å². The molecule has 2 aromatic heterocycles. The number of benzene rings is 1. The summed E-state index contributed by atoms with van der Waals surface area (Å²) in [5, 5.41) is 20.4. The Balaban J connectivity index is 1.56. The summed E-state index contributed by atoms with van der Waals surface area (Å²) >= 11 is 11.9. The third kappa shape index (κ3) is 5.32. The normalized spacial score (nSPS) is 15.7. The number of hydrogen-bond acceptors (Lipinski definition) is 8. The number of carbonyl (C=O) groups excluding carboxylic acids is 1. The standard InChI is InChI=1S/C20H23Cl2N9O2/c1-30(13-5-3-2-4-6-13)11-16-17(25-29-31(16)19-18(23)27-33-28-19)20(32)26-24-10-12-7-8-14(21)15(22)9-12/h7-10,13H,2-6,11H2,1H3,(H2,23,27)(H,26,32)/p+1/b24-10-. The number of nitrogens with zero attached hydrogens (tertiary/aromatic N) is 6.